The van der Waals surface area contributed by atoms with Gasteiger partial charge in [-0.25, -0.2) is 9.38 Å². The number of alkyl halides is 3. The molecule has 0 radical (unpaired) electrons. The molecule has 1 fully saturated rings. The van der Waals surface area contributed by atoms with Gasteiger partial charge in [-0.1, -0.05) is 13.0 Å². The Balaban J connectivity index is 2.22. The van der Waals surface area contributed by atoms with Gasteiger partial charge in [-0.2, -0.15) is 22.3 Å². The van der Waals surface area contributed by atoms with E-state index in [1.807, 2.05) is 0 Å². The second kappa shape index (κ2) is 8.70. The molecule has 0 aliphatic carbocycles. The molecule has 0 saturated carbocycles. The van der Waals surface area contributed by atoms with Crippen LogP contribution in [0.25, 0.3) is 0 Å². The van der Waals surface area contributed by atoms with E-state index in [-0.39, 0.29) is 5.36 Å². The molecule has 2 amide bonds. The number of carbonyl (C=O) groups is 2. The third-order valence-corrected chi connectivity index (χ3v) is 5.86. The van der Waals surface area contributed by atoms with Crippen molar-refractivity contribution >= 4 is 11.8 Å². The number of rotatable bonds is 4. The van der Waals surface area contributed by atoms with Crippen LogP contribution in [0.5, 0.6) is 5.75 Å². The number of hydrogen-bond donors (Lipinski definition) is 2. The maximum absolute atomic E-state index is 14.6. The first-order chi connectivity index (χ1) is 16.9. The van der Waals surface area contributed by atoms with Crippen molar-refractivity contribution in [3.05, 3.63) is 58.7 Å². The Labute approximate surface area is 193 Å². The zero-order valence-corrected chi connectivity index (χ0v) is 17.6. The molecule has 13 heteroatoms. The van der Waals surface area contributed by atoms with Crippen molar-refractivity contribution in [2.75, 3.05) is 7.04 Å². The predicted octanol–water partition coefficient (Wildman–Crippen LogP) is 2.68. The summed E-state index contributed by atoms with van der Waals surface area (Å²) in [4.78, 5) is 28.2. The van der Waals surface area contributed by atoms with Crippen molar-refractivity contribution in [3.63, 3.8) is 0 Å². The van der Waals surface area contributed by atoms with Crippen LogP contribution >= 0.6 is 0 Å². The summed E-state index contributed by atoms with van der Waals surface area (Å²) in [6.07, 6.45) is -6.25. The van der Waals surface area contributed by atoms with Crippen molar-refractivity contribution in [2.45, 2.75) is 37.6 Å². The second-order valence-corrected chi connectivity index (χ2v) is 7.77. The van der Waals surface area contributed by atoms with Gasteiger partial charge >= 0.3 is 6.18 Å². The van der Waals surface area contributed by atoms with Crippen LogP contribution in [0.2, 0.25) is 0 Å². The molecule has 0 spiro atoms. The fourth-order valence-corrected chi connectivity index (χ4v) is 3.85. The number of aromatic nitrogens is 1. The van der Waals surface area contributed by atoms with Gasteiger partial charge in [0.15, 0.2) is 17.2 Å². The van der Waals surface area contributed by atoms with E-state index in [4.69, 9.17) is 14.6 Å². The first kappa shape index (κ1) is 21.1. The summed E-state index contributed by atoms with van der Waals surface area (Å²) < 4.78 is 103. The highest BCUT2D eigenvalue weighted by Crippen LogP contribution is 2.55. The Morgan fingerprint density at radius 1 is 1.32 bits per heavy atom. The van der Waals surface area contributed by atoms with E-state index < -0.39 is 77.2 Å². The minimum Gasteiger partial charge on any atom is -0.493 e. The maximum Gasteiger partial charge on any atom is 0.417 e. The van der Waals surface area contributed by atoms with Gasteiger partial charge in [-0.3, -0.25) is 9.59 Å². The molecule has 3 rings (SSSR count). The summed E-state index contributed by atoms with van der Waals surface area (Å²) in [7, 11) is -3.32. The number of nitrogens with zero attached hydrogens (tertiary/aromatic N) is 2. The van der Waals surface area contributed by atoms with Crippen molar-refractivity contribution in [2.24, 2.45) is 16.6 Å². The molecule has 0 bridgehead atoms. The van der Waals surface area contributed by atoms with E-state index in [1.165, 1.54) is 0 Å². The summed E-state index contributed by atoms with van der Waals surface area (Å²) in [5, 5.41) is 9.32. The van der Waals surface area contributed by atoms with Crippen molar-refractivity contribution in [3.8, 4) is 5.75 Å². The van der Waals surface area contributed by atoms with Gasteiger partial charge in [0, 0.05) is 23.6 Å². The largest absolute Gasteiger partial charge is 0.493 e. The molecule has 184 valence electrons. The van der Waals surface area contributed by atoms with Crippen LogP contribution in [0.15, 0.2) is 35.5 Å². The number of pyridine rings is 1. The Morgan fingerprint density at radius 2 is 2.00 bits per heavy atom. The molecule has 1 aliphatic heterocycles. The molecular weight excluding hydrogens is 469 g/mol. The molecule has 4 atom stereocenters. The van der Waals surface area contributed by atoms with Crippen LogP contribution in [-0.2, 0) is 9.53 Å². The first-order valence-electron chi connectivity index (χ1n) is 11.1. The highest BCUT2D eigenvalue weighted by atomic mass is 19.4. The molecule has 1 aromatic carbocycles. The molecule has 2 heterocycles. The SMILES string of the molecule is [2H]C([2H])([2H])Oc1c([C@@H]2[C@H](C(=O)N=c3ccn(O)c(C(N)=O)c3)O[C@@](C)(C(F)(F)F)[C@H]2C)ccc(F)c1F. The zero-order valence-electron chi connectivity index (χ0n) is 20.6. The van der Waals surface area contributed by atoms with Gasteiger partial charge in [-0.05, 0) is 25.1 Å². The van der Waals surface area contributed by atoms with Crippen LogP contribution < -0.4 is 15.8 Å². The average molecular weight is 492 g/mol. The number of methoxy groups -OCH3 is 1. The standard InChI is InChI=1S/C21H20F5N3O5/c1-9-14(11-4-5-12(22)15(23)16(11)33-3)17(34-20(9,2)21(24,25)26)19(31)28-10-6-7-29(32)13(8-10)18(27)30/h4-9,14,17,32H,1-3H3,(H2,27,30)/t9-,14+,17+,20+/m0/s1/i3D3. The summed E-state index contributed by atoms with van der Waals surface area (Å²) in [6.45, 7) is 1.68. The number of nitrogens with two attached hydrogens (primary N) is 1. The molecule has 0 unspecified atom stereocenters. The fraction of sp³-hybridized carbons (Fsp3) is 0.381. The minimum absolute atomic E-state index is 0.302. The highest BCUT2D eigenvalue weighted by Gasteiger charge is 2.65. The van der Waals surface area contributed by atoms with E-state index in [2.05, 4.69) is 9.73 Å². The lowest BCUT2D eigenvalue weighted by Gasteiger charge is -2.32. The fourth-order valence-electron chi connectivity index (χ4n) is 3.85. The molecule has 1 aromatic heterocycles. The van der Waals surface area contributed by atoms with Crippen LogP contribution in [0, 0.1) is 17.6 Å². The van der Waals surface area contributed by atoms with Gasteiger partial charge in [0.2, 0.25) is 5.82 Å². The lowest BCUT2D eigenvalue weighted by Crippen LogP contribution is -2.47. The Bertz CT molecular complexity index is 1310. The number of hydrogen-bond acceptors (Lipinski definition) is 5. The number of benzene rings is 1. The van der Waals surface area contributed by atoms with Crippen molar-refractivity contribution in [1.29, 1.82) is 0 Å². The van der Waals surface area contributed by atoms with Gasteiger partial charge < -0.3 is 20.4 Å². The highest BCUT2D eigenvalue weighted by molar-refractivity contribution is 5.91. The van der Waals surface area contributed by atoms with E-state index in [0.717, 1.165) is 31.3 Å². The monoisotopic (exact) mass is 492 g/mol. The molecule has 1 aliphatic rings. The van der Waals surface area contributed by atoms with Crippen LogP contribution in [0.3, 0.4) is 0 Å². The van der Waals surface area contributed by atoms with Gasteiger partial charge in [0.05, 0.1) is 16.5 Å². The summed E-state index contributed by atoms with van der Waals surface area (Å²) >= 11 is 0. The van der Waals surface area contributed by atoms with E-state index in [1.54, 1.807) is 0 Å². The van der Waals surface area contributed by atoms with E-state index in [0.29, 0.717) is 17.7 Å². The van der Waals surface area contributed by atoms with Crippen LogP contribution in [-0.4, -0.2) is 46.7 Å². The molecule has 3 N–H and O–H groups in total. The van der Waals surface area contributed by atoms with Crippen molar-refractivity contribution in [1.82, 2.24) is 4.73 Å². The third-order valence-electron chi connectivity index (χ3n) is 5.86. The molecule has 2 aromatic rings. The minimum atomic E-state index is -5.06. The molecular formula is C21H20F5N3O5. The zero-order chi connectivity index (χ0) is 28.1. The van der Waals surface area contributed by atoms with E-state index in [9.17, 15) is 36.7 Å². The van der Waals surface area contributed by atoms with Crippen LogP contribution in [0.4, 0.5) is 22.0 Å². The smallest absolute Gasteiger partial charge is 0.417 e. The summed E-state index contributed by atoms with van der Waals surface area (Å²) in [5.41, 5.74) is 1.03. The Morgan fingerprint density at radius 3 is 2.59 bits per heavy atom. The third kappa shape index (κ3) is 4.11. The number of amides is 2. The number of primary amides is 1. The van der Waals surface area contributed by atoms with Gasteiger partial charge in [0.1, 0.15) is 11.8 Å². The van der Waals surface area contributed by atoms with E-state index >= 15 is 0 Å². The topological polar surface area (TPSA) is 116 Å². The summed E-state index contributed by atoms with van der Waals surface area (Å²) in [5.74, 6) is -10.3. The lowest BCUT2D eigenvalue weighted by molar-refractivity contribution is -0.272. The second-order valence-electron chi connectivity index (χ2n) is 7.77. The predicted molar refractivity (Wildman–Crippen MR) is 105 cm³/mol. The maximum atomic E-state index is 14.6. The Kier molecular flexibility index (Phi) is 5.40. The van der Waals surface area contributed by atoms with Crippen LogP contribution in [0.1, 0.15) is 39.9 Å². The number of carbonyl (C=O) groups excluding carboxylic acids is 2. The van der Waals surface area contributed by atoms with Crippen molar-refractivity contribution < 1.29 is 50.3 Å². The average Bonchev–Trinajstić information content (AvgIpc) is 3.04. The molecule has 1 saturated heterocycles. The molecule has 8 nitrogen and oxygen atoms in total. The summed E-state index contributed by atoms with van der Waals surface area (Å²) in [6, 6.07) is 3.25. The molecule has 34 heavy (non-hydrogen) atoms. The quantitative estimate of drug-likeness (QED) is 0.503. The van der Waals surface area contributed by atoms with Gasteiger partial charge in [-0.15, -0.1) is 0 Å². The normalized spacial score (nSPS) is 27.1. The number of halogens is 5. The first-order valence-corrected chi connectivity index (χ1v) is 9.59. The van der Waals surface area contributed by atoms with Gasteiger partial charge in [0.25, 0.3) is 11.8 Å². The lowest BCUT2D eigenvalue weighted by atomic mass is 9.77. The number of ether oxygens (including phenoxy) is 2. The Hall–Kier alpha value is -3.48.